The van der Waals surface area contributed by atoms with Crippen LogP contribution < -0.4 is 0 Å². The molecule has 3 rings (SSSR count). The average molecular weight is 230 g/mol. The molecule has 1 unspecified atom stereocenters. The zero-order valence-electron chi connectivity index (χ0n) is 10.5. The lowest BCUT2D eigenvalue weighted by Gasteiger charge is -2.37. The van der Waals surface area contributed by atoms with E-state index in [-0.39, 0.29) is 0 Å². The van der Waals surface area contributed by atoms with Gasteiger partial charge in [0.15, 0.2) is 0 Å². The van der Waals surface area contributed by atoms with Gasteiger partial charge < -0.3 is 4.90 Å². The van der Waals surface area contributed by atoms with Crippen molar-refractivity contribution in [1.82, 2.24) is 9.80 Å². The van der Waals surface area contributed by atoms with Gasteiger partial charge in [-0.15, -0.1) is 0 Å². The molecule has 1 aromatic carbocycles. The number of rotatable bonds is 3. The summed E-state index contributed by atoms with van der Waals surface area (Å²) < 4.78 is 0. The minimum absolute atomic E-state index is 0.861. The maximum atomic E-state index is 2.68. The van der Waals surface area contributed by atoms with Crippen LogP contribution in [0.3, 0.4) is 0 Å². The van der Waals surface area contributed by atoms with E-state index in [0.717, 1.165) is 6.04 Å². The maximum Gasteiger partial charge on any atom is 0.0224 e. The molecule has 2 aliphatic rings. The molecule has 0 spiro atoms. The first-order chi connectivity index (χ1) is 8.42. The van der Waals surface area contributed by atoms with Gasteiger partial charge in [-0.05, 0) is 31.4 Å². The summed E-state index contributed by atoms with van der Waals surface area (Å²) in [6.07, 6.45) is 4.03. The van der Waals surface area contributed by atoms with Crippen molar-refractivity contribution < 1.29 is 0 Å². The lowest BCUT2D eigenvalue weighted by molar-refractivity contribution is 0.105. The standard InChI is InChI=1S/C15H22N2/c1-2-5-14(6-3-1)8-10-16-11-12-17-9-4-7-15(17)13-16/h1-3,5-6,15H,4,7-13H2. The van der Waals surface area contributed by atoms with Crippen molar-refractivity contribution in [2.75, 3.05) is 32.7 Å². The lowest BCUT2D eigenvalue weighted by atomic mass is 10.1. The van der Waals surface area contributed by atoms with Gasteiger partial charge in [-0.1, -0.05) is 30.3 Å². The van der Waals surface area contributed by atoms with E-state index < -0.39 is 0 Å². The van der Waals surface area contributed by atoms with Crippen molar-refractivity contribution in [3.8, 4) is 0 Å². The molecule has 2 heteroatoms. The minimum Gasteiger partial charge on any atom is -0.300 e. The van der Waals surface area contributed by atoms with Gasteiger partial charge in [-0.25, -0.2) is 0 Å². The Kier molecular flexibility index (Phi) is 3.44. The molecule has 2 heterocycles. The number of benzene rings is 1. The van der Waals surface area contributed by atoms with E-state index in [1.54, 1.807) is 0 Å². The van der Waals surface area contributed by atoms with E-state index in [4.69, 9.17) is 0 Å². The zero-order valence-corrected chi connectivity index (χ0v) is 10.5. The van der Waals surface area contributed by atoms with Crippen LogP contribution in [0.1, 0.15) is 18.4 Å². The summed E-state index contributed by atoms with van der Waals surface area (Å²) in [5.74, 6) is 0. The largest absolute Gasteiger partial charge is 0.300 e. The second-order valence-electron chi connectivity index (χ2n) is 5.37. The molecule has 0 radical (unpaired) electrons. The first kappa shape index (κ1) is 11.2. The van der Waals surface area contributed by atoms with Crippen LogP contribution in [0.25, 0.3) is 0 Å². The molecule has 0 aromatic heterocycles. The topological polar surface area (TPSA) is 6.48 Å². The maximum absolute atomic E-state index is 2.68. The van der Waals surface area contributed by atoms with E-state index in [9.17, 15) is 0 Å². The molecule has 2 fully saturated rings. The van der Waals surface area contributed by atoms with Crippen LogP contribution in [0.4, 0.5) is 0 Å². The van der Waals surface area contributed by atoms with Gasteiger partial charge in [0.1, 0.15) is 0 Å². The van der Waals surface area contributed by atoms with Gasteiger partial charge in [0, 0.05) is 32.2 Å². The second kappa shape index (κ2) is 5.19. The molecule has 17 heavy (non-hydrogen) atoms. The minimum atomic E-state index is 0.861. The van der Waals surface area contributed by atoms with Gasteiger partial charge in [-0.2, -0.15) is 0 Å². The molecular weight excluding hydrogens is 208 g/mol. The van der Waals surface area contributed by atoms with Crippen LogP contribution in [0.15, 0.2) is 30.3 Å². The fraction of sp³-hybridized carbons (Fsp3) is 0.600. The number of piperazine rings is 1. The highest BCUT2D eigenvalue weighted by molar-refractivity contribution is 5.14. The molecule has 0 bridgehead atoms. The summed E-state index contributed by atoms with van der Waals surface area (Å²) in [5.41, 5.74) is 1.47. The second-order valence-corrected chi connectivity index (χ2v) is 5.37. The van der Waals surface area contributed by atoms with Crippen LogP contribution in [0.2, 0.25) is 0 Å². The Balaban J connectivity index is 1.50. The van der Waals surface area contributed by atoms with Crippen LogP contribution in [-0.2, 0) is 6.42 Å². The molecule has 2 saturated heterocycles. The quantitative estimate of drug-likeness (QED) is 0.784. The Morgan fingerprint density at radius 2 is 1.94 bits per heavy atom. The lowest BCUT2D eigenvalue weighted by Crippen LogP contribution is -2.50. The van der Waals surface area contributed by atoms with Crippen molar-refractivity contribution in [3.05, 3.63) is 35.9 Å². The van der Waals surface area contributed by atoms with E-state index in [1.807, 2.05) is 0 Å². The van der Waals surface area contributed by atoms with Crippen LogP contribution in [0, 0.1) is 0 Å². The average Bonchev–Trinajstić information content (AvgIpc) is 2.85. The summed E-state index contributed by atoms with van der Waals surface area (Å²) in [5, 5.41) is 0. The number of hydrogen-bond donors (Lipinski definition) is 0. The highest BCUT2D eigenvalue weighted by Crippen LogP contribution is 2.21. The number of fused-ring (bicyclic) bond motifs is 1. The first-order valence-electron chi connectivity index (χ1n) is 6.92. The third kappa shape index (κ3) is 2.70. The predicted molar refractivity (Wildman–Crippen MR) is 71.2 cm³/mol. The molecule has 0 aliphatic carbocycles. The van der Waals surface area contributed by atoms with Crippen LogP contribution in [0.5, 0.6) is 0 Å². The van der Waals surface area contributed by atoms with Crippen molar-refractivity contribution in [2.24, 2.45) is 0 Å². The van der Waals surface area contributed by atoms with Crippen molar-refractivity contribution >= 4 is 0 Å². The molecule has 2 nitrogen and oxygen atoms in total. The molecule has 0 amide bonds. The highest BCUT2D eigenvalue weighted by atomic mass is 15.3. The third-order valence-electron chi connectivity index (χ3n) is 4.23. The fourth-order valence-corrected chi connectivity index (χ4v) is 3.19. The Bertz CT molecular complexity index is 349. The highest BCUT2D eigenvalue weighted by Gasteiger charge is 2.29. The summed E-state index contributed by atoms with van der Waals surface area (Å²) in [6.45, 7) is 6.43. The normalized spacial score (nSPS) is 26.0. The van der Waals surface area contributed by atoms with Crippen LogP contribution in [-0.4, -0.2) is 48.6 Å². The van der Waals surface area contributed by atoms with Gasteiger partial charge in [-0.3, -0.25) is 4.90 Å². The fourth-order valence-electron chi connectivity index (χ4n) is 3.19. The molecular formula is C15H22N2. The predicted octanol–water partition coefficient (Wildman–Crippen LogP) is 2.01. The van der Waals surface area contributed by atoms with Crippen molar-refractivity contribution in [1.29, 1.82) is 0 Å². The van der Waals surface area contributed by atoms with Gasteiger partial charge in [0.25, 0.3) is 0 Å². The Hall–Kier alpha value is -0.860. The van der Waals surface area contributed by atoms with E-state index >= 15 is 0 Å². The SMILES string of the molecule is c1ccc(CCN2CCN3CCCC3C2)cc1. The Morgan fingerprint density at radius 3 is 2.82 bits per heavy atom. The smallest absolute Gasteiger partial charge is 0.0224 e. The summed E-state index contributed by atoms with van der Waals surface area (Å²) in [4.78, 5) is 5.33. The van der Waals surface area contributed by atoms with E-state index in [2.05, 4.69) is 40.1 Å². The molecule has 92 valence electrons. The summed E-state index contributed by atoms with van der Waals surface area (Å²) >= 11 is 0. The Morgan fingerprint density at radius 1 is 1.06 bits per heavy atom. The van der Waals surface area contributed by atoms with Crippen molar-refractivity contribution in [2.45, 2.75) is 25.3 Å². The van der Waals surface area contributed by atoms with E-state index in [0.29, 0.717) is 0 Å². The molecule has 0 N–H and O–H groups in total. The molecule has 0 saturated carbocycles. The molecule has 2 aliphatic heterocycles. The number of nitrogens with zero attached hydrogens (tertiary/aromatic N) is 2. The first-order valence-corrected chi connectivity index (χ1v) is 6.92. The van der Waals surface area contributed by atoms with Gasteiger partial charge in [0.2, 0.25) is 0 Å². The Labute approximate surface area is 104 Å². The van der Waals surface area contributed by atoms with Crippen molar-refractivity contribution in [3.63, 3.8) is 0 Å². The zero-order chi connectivity index (χ0) is 11.5. The third-order valence-corrected chi connectivity index (χ3v) is 4.23. The van der Waals surface area contributed by atoms with E-state index in [1.165, 1.54) is 57.5 Å². The monoisotopic (exact) mass is 230 g/mol. The van der Waals surface area contributed by atoms with Crippen LogP contribution >= 0.6 is 0 Å². The summed E-state index contributed by atoms with van der Waals surface area (Å²) in [7, 11) is 0. The molecule has 1 aromatic rings. The molecule has 1 atom stereocenters. The number of hydrogen-bond acceptors (Lipinski definition) is 2. The van der Waals surface area contributed by atoms with Gasteiger partial charge >= 0.3 is 0 Å². The summed E-state index contributed by atoms with van der Waals surface area (Å²) in [6, 6.07) is 11.7. The van der Waals surface area contributed by atoms with Gasteiger partial charge in [0.05, 0.1) is 0 Å².